The van der Waals surface area contributed by atoms with Crippen molar-refractivity contribution < 1.29 is 14.0 Å². The van der Waals surface area contributed by atoms with Gasteiger partial charge in [0.1, 0.15) is 5.82 Å². The van der Waals surface area contributed by atoms with Crippen molar-refractivity contribution in [3.63, 3.8) is 0 Å². The van der Waals surface area contributed by atoms with Gasteiger partial charge in [0.15, 0.2) is 4.87 Å². The van der Waals surface area contributed by atoms with Gasteiger partial charge in [-0.3, -0.25) is 9.69 Å². The van der Waals surface area contributed by atoms with Crippen molar-refractivity contribution in [1.29, 1.82) is 0 Å². The van der Waals surface area contributed by atoms with Gasteiger partial charge in [-0.05, 0) is 47.4 Å². The first-order chi connectivity index (χ1) is 16.4. The fourth-order valence-electron chi connectivity index (χ4n) is 4.65. The summed E-state index contributed by atoms with van der Waals surface area (Å²) >= 11 is 1.39. The van der Waals surface area contributed by atoms with E-state index < -0.39 is 10.7 Å². The molecule has 1 spiro atoms. The first-order valence-corrected chi connectivity index (χ1v) is 12.4. The van der Waals surface area contributed by atoms with Crippen LogP contribution in [0.2, 0.25) is 0 Å². The molecule has 1 atom stereocenters. The van der Waals surface area contributed by atoms with Crippen LogP contribution in [0.25, 0.3) is 0 Å². The highest BCUT2D eigenvalue weighted by molar-refractivity contribution is 8.01. The van der Waals surface area contributed by atoms with Crippen molar-refractivity contribution in [3.05, 3.63) is 95.3 Å². The minimum Gasteiger partial charge on any atom is -0.308 e. The Kier molecular flexibility index (Phi) is 5.81. The molecule has 0 unspecified atom stereocenters. The molecule has 3 amide bonds. The third-order valence-electron chi connectivity index (χ3n) is 6.41. The zero-order valence-electron chi connectivity index (χ0n) is 19.1. The third kappa shape index (κ3) is 3.74. The summed E-state index contributed by atoms with van der Waals surface area (Å²) in [6.07, 6.45) is 0. The molecule has 0 bridgehead atoms. The van der Waals surface area contributed by atoms with E-state index in [1.54, 1.807) is 15.9 Å². The number of hydrogen-bond acceptors (Lipinski definition) is 3. The molecule has 3 aromatic carbocycles. The number of thioether (sulfide) groups is 1. The van der Waals surface area contributed by atoms with E-state index in [0.29, 0.717) is 41.7 Å². The van der Waals surface area contributed by atoms with Gasteiger partial charge in [0.05, 0.1) is 12.2 Å². The highest BCUT2D eigenvalue weighted by Gasteiger charge is 2.59. The molecule has 0 aromatic heterocycles. The van der Waals surface area contributed by atoms with Crippen LogP contribution in [0, 0.1) is 5.82 Å². The van der Waals surface area contributed by atoms with Crippen LogP contribution in [0.4, 0.5) is 20.6 Å². The fourth-order valence-corrected chi connectivity index (χ4v) is 6.10. The Balaban J connectivity index is 1.49. The maximum absolute atomic E-state index is 14.4. The number of urea groups is 1. The van der Waals surface area contributed by atoms with Crippen LogP contribution in [-0.2, 0) is 16.2 Å². The van der Waals surface area contributed by atoms with Crippen LogP contribution in [-0.4, -0.2) is 29.1 Å². The lowest BCUT2D eigenvalue weighted by atomic mass is 10.0. The van der Waals surface area contributed by atoms with Gasteiger partial charge in [-0.1, -0.05) is 56.3 Å². The van der Waals surface area contributed by atoms with Gasteiger partial charge >= 0.3 is 6.03 Å². The largest absolute Gasteiger partial charge is 0.323 e. The number of amides is 3. The third-order valence-corrected chi connectivity index (χ3v) is 7.83. The SMILES string of the molecule is CC(C)c1ccc(NC(=O)N2CCS[C@@]23C(=O)N(Cc2ccccc2)c2ccc(F)cc23)cc1. The number of benzene rings is 3. The standard InChI is InChI=1S/C27H26FN3O2S/c1-18(2)20-8-11-22(12-9-20)29-26(33)31-14-15-34-27(31)23-16-21(28)10-13-24(23)30(25(27)32)17-19-6-4-3-5-7-19/h3-13,16,18H,14-15,17H2,1-2H3,(H,29,33)/t27-/m0/s1. The lowest BCUT2D eigenvalue weighted by Crippen LogP contribution is -2.51. The first kappa shape index (κ1) is 22.5. The molecule has 1 N–H and O–H groups in total. The number of anilines is 2. The van der Waals surface area contributed by atoms with Crippen LogP contribution in [0.15, 0.2) is 72.8 Å². The van der Waals surface area contributed by atoms with Gasteiger partial charge in [-0.2, -0.15) is 0 Å². The number of carbonyl (C=O) groups excluding carboxylic acids is 2. The van der Waals surface area contributed by atoms with E-state index in [0.717, 1.165) is 5.56 Å². The van der Waals surface area contributed by atoms with Gasteiger partial charge in [0.25, 0.3) is 5.91 Å². The van der Waals surface area contributed by atoms with E-state index in [9.17, 15) is 14.0 Å². The van der Waals surface area contributed by atoms with Gasteiger partial charge in [0.2, 0.25) is 0 Å². The van der Waals surface area contributed by atoms with Crippen molar-refractivity contribution >= 4 is 35.1 Å². The molecule has 7 heteroatoms. The second kappa shape index (κ2) is 8.80. The summed E-state index contributed by atoms with van der Waals surface area (Å²) in [6, 6.07) is 21.4. The highest BCUT2D eigenvalue weighted by atomic mass is 32.2. The van der Waals surface area contributed by atoms with Crippen molar-refractivity contribution in [2.24, 2.45) is 0 Å². The molecule has 5 rings (SSSR count). The summed E-state index contributed by atoms with van der Waals surface area (Å²) in [4.78, 5) is 29.3. The number of rotatable bonds is 4. The maximum Gasteiger partial charge on any atom is 0.323 e. The molecule has 2 aliphatic heterocycles. The second-order valence-corrected chi connectivity index (χ2v) is 10.2. The summed E-state index contributed by atoms with van der Waals surface area (Å²) in [5, 5.41) is 2.94. The van der Waals surface area contributed by atoms with Crippen LogP contribution in [0.1, 0.15) is 36.5 Å². The summed E-state index contributed by atoms with van der Waals surface area (Å²) in [5.41, 5.74) is 3.98. The zero-order valence-corrected chi connectivity index (χ0v) is 19.9. The van der Waals surface area contributed by atoms with Gasteiger partial charge in [-0.15, -0.1) is 11.8 Å². The Morgan fingerprint density at radius 1 is 1.09 bits per heavy atom. The van der Waals surface area contributed by atoms with Crippen LogP contribution < -0.4 is 10.2 Å². The predicted molar refractivity (Wildman–Crippen MR) is 134 cm³/mol. The number of hydrogen-bond donors (Lipinski definition) is 1. The second-order valence-electron chi connectivity index (χ2n) is 8.89. The van der Waals surface area contributed by atoms with E-state index >= 15 is 0 Å². The number of fused-ring (bicyclic) bond motifs is 2. The summed E-state index contributed by atoms with van der Waals surface area (Å²) in [5.74, 6) is 0.330. The number of carbonyl (C=O) groups is 2. The number of halogens is 1. The summed E-state index contributed by atoms with van der Waals surface area (Å²) in [7, 11) is 0. The minimum atomic E-state index is -1.28. The smallest absolute Gasteiger partial charge is 0.308 e. The minimum absolute atomic E-state index is 0.218. The Hall–Kier alpha value is -3.32. The molecule has 174 valence electrons. The predicted octanol–water partition coefficient (Wildman–Crippen LogP) is 5.93. The Morgan fingerprint density at radius 3 is 2.53 bits per heavy atom. The summed E-state index contributed by atoms with van der Waals surface area (Å²) < 4.78 is 14.4. The molecule has 2 aliphatic rings. The van der Waals surface area contributed by atoms with Crippen LogP contribution >= 0.6 is 11.8 Å². The fraction of sp³-hybridized carbons (Fsp3) is 0.259. The average molecular weight is 476 g/mol. The normalized spacial score (nSPS) is 19.2. The first-order valence-electron chi connectivity index (χ1n) is 11.4. The Morgan fingerprint density at radius 2 is 1.82 bits per heavy atom. The number of nitrogens with zero attached hydrogens (tertiary/aromatic N) is 2. The van der Waals surface area contributed by atoms with E-state index in [1.165, 1.54) is 29.5 Å². The Labute approximate surface area is 202 Å². The molecular weight excluding hydrogens is 449 g/mol. The van der Waals surface area contributed by atoms with Crippen LogP contribution in [0.5, 0.6) is 0 Å². The van der Waals surface area contributed by atoms with Crippen molar-refractivity contribution in [3.8, 4) is 0 Å². The van der Waals surface area contributed by atoms with E-state index in [-0.39, 0.29) is 11.9 Å². The molecule has 1 saturated heterocycles. The molecule has 2 heterocycles. The maximum atomic E-state index is 14.4. The van der Waals surface area contributed by atoms with E-state index in [2.05, 4.69) is 19.2 Å². The van der Waals surface area contributed by atoms with Crippen molar-refractivity contribution in [1.82, 2.24) is 4.90 Å². The lowest BCUT2D eigenvalue weighted by molar-refractivity contribution is -0.123. The zero-order chi connectivity index (χ0) is 23.9. The molecule has 1 fully saturated rings. The molecule has 0 aliphatic carbocycles. The van der Waals surface area contributed by atoms with Gasteiger partial charge in [-0.25, -0.2) is 9.18 Å². The molecular formula is C27H26FN3O2S. The van der Waals surface area contributed by atoms with Gasteiger partial charge in [0, 0.05) is 23.5 Å². The molecule has 34 heavy (non-hydrogen) atoms. The van der Waals surface area contributed by atoms with E-state index in [1.807, 2.05) is 54.6 Å². The quantitative estimate of drug-likeness (QED) is 0.509. The Bertz CT molecular complexity index is 1230. The topological polar surface area (TPSA) is 52.7 Å². The highest BCUT2D eigenvalue weighted by Crippen LogP contribution is 2.54. The lowest BCUT2D eigenvalue weighted by Gasteiger charge is -2.33. The molecule has 0 radical (unpaired) electrons. The average Bonchev–Trinajstić information content (AvgIpc) is 3.37. The molecule has 3 aromatic rings. The van der Waals surface area contributed by atoms with Crippen molar-refractivity contribution in [2.75, 3.05) is 22.5 Å². The van der Waals surface area contributed by atoms with Gasteiger partial charge < -0.3 is 10.2 Å². The van der Waals surface area contributed by atoms with Crippen LogP contribution in [0.3, 0.4) is 0 Å². The monoisotopic (exact) mass is 475 g/mol. The summed E-state index contributed by atoms with van der Waals surface area (Å²) in [6.45, 7) is 4.97. The number of nitrogens with one attached hydrogen (secondary N) is 1. The van der Waals surface area contributed by atoms with E-state index in [4.69, 9.17) is 0 Å². The molecule has 0 saturated carbocycles. The van der Waals surface area contributed by atoms with Crippen molar-refractivity contribution in [2.45, 2.75) is 31.2 Å². The molecule has 5 nitrogen and oxygen atoms in total.